The van der Waals surface area contributed by atoms with Crippen molar-refractivity contribution in [2.45, 2.75) is 12.8 Å². The molecule has 0 bridgehead atoms. The summed E-state index contributed by atoms with van der Waals surface area (Å²) in [6.07, 6.45) is 5.98. The average Bonchev–Trinajstić information content (AvgIpc) is 2.92. The molecule has 21 heavy (non-hydrogen) atoms. The lowest BCUT2D eigenvalue weighted by atomic mass is 9.98. The number of likely N-dealkylation sites (tertiary alicyclic amines) is 1. The average molecular weight is 286 g/mol. The predicted molar refractivity (Wildman–Crippen MR) is 85.1 cm³/mol. The van der Waals surface area contributed by atoms with Crippen LogP contribution in [0, 0.1) is 5.92 Å². The van der Waals surface area contributed by atoms with Crippen LogP contribution in [0.1, 0.15) is 12.8 Å². The molecule has 5 heteroatoms. The maximum atomic E-state index is 11.6. The minimum atomic E-state index is -0.110. The quantitative estimate of drug-likeness (QED) is 0.903. The van der Waals surface area contributed by atoms with E-state index in [9.17, 15) is 4.79 Å². The van der Waals surface area contributed by atoms with E-state index in [1.807, 2.05) is 24.3 Å². The molecule has 0 radical (unpaired) electrons. The van der Waals surface area contributed by atoms with Crippen LogP contribution in [-0.4, -0.2) is 41.1 Å². The monoisotopic (exact) mass is 286 g/mol. The number of imidazole rings is 1. The fourth-order valence-electron chi connectivity index (χ4n) is 2.97. The summed E-state index contributed by atoms with van der Waals surface area (Å²) < 4.78 is 1.60. The summed E-state index contributed by atoms with van der Waals surface area (Å²) in [5.74, 6) is 0.718. The minimum absolute atomic E-state index is 0.110. The third kappa shape index (κ3) is 3.36. The van der Waals surface area contributed by atoms with Gasteiger partial charge in [0, 0.05) is 31.2 Å². The van der Waals surface area contributed by atoms with Crippen molar-refractivity contribution in [3.63, 3.8) is 0 Å². The van der Waals surface area contributed by atoms with Gasteiger partial charge in [0.2, 0.25) is 0 Å². The largest absolute Gasteiger partial charge is 0.385 e. The Morgan fingerprint density at radius 2 is 2.14 bits per heavy atom. The Bertz CT molecular complexity index is 628. The van der Waals surface area contributed by atoms with E-state index >= 15 is 0 Å². The van der Waals surface area contributed by atoms with E-state index < -0.39 is 0 Å². The highest BCUT2D eigenvalue weighted by molar-refractivity contribution is 5.48. The van der Waals surface area contributed by atoms with E-state index in [2.05, 4.69) is 22.2 Å². The number of nitrogens with zero attached hydrogens (tertiary/aromatic N) is 2. The van der Waals surface area contributed by atoms with Gasteiger partial charge in [0.1, 0.15) is 0 Å². The van der Waals surface area contributed by atoms with Crippen molar-refractivity contribution in [1.29, 1.82) is 0 Å². The van der Waals surface area contributed by atoms with Crippen LogP contribution in [0.15, 0.2) is 41.5 Å². The zero-order chi connectivity index (χ0) is 14.7. The standard InChI is InChI=1S/C16H22N4O/c1-19-9-2-3-13(12-19)11-18-14-4-6-15(7-5-14)20-10-8-17-16(20)21/h4-8,10,13,18H,2-3,9,11-12H2,1H3,(H,17,21). The first-order valence-corrected chi connectivity index (χ1v) is 7.51. The molecular formula is C16H22N4O. The number of hydrogen-bond acceptors (Lipinski definition) is 3. The number of rotatable bonds is 4. The molecule has 0 amide bonds. The molecule has 3 rings (SSSR count). The Labute approximate surface area is 124 Å². The topological polar surface area (TPSA) is 53.1 Å². The number of hydrogen-bond donors (Lipinski definition) is 2. The fraction of sp³-hybridized carbons (Fsp3) is 0.438. The zero-order valence-electron chi connectivity index (χ0n) is 12.4. The van der Waals surface area contributed by atoms with Crippen molar-refractivity contribution in [1.82, 2.24) is 14.5 Å². The summed E-state index contributed by atoms with van der Waals surface area (Å²) in [6.45, 7) is 3.40. The SMILES string of the molecule is CN1CCCC(CNc2ccc(-n3cc[nH]c3=O)cc2)C1. The maximum Gasteiger partial charge on any atom is 0.330 e. The molecule has 1 aliphatic rings. The highest BCUT2D eigenvalue weighted by Crippen LogP contribution is 2.17. The van der Waals surface area contributed by atoms with E-state index in [1.165, 1.54) is 25.9 Å². The van der Waals surface area contributed by atoms with Crippen LogP contribution < -0.4 is 11.0 Å². The van der Waals surface area contributed by atoms with Crippen LogP contribution in [0.3, 0.4) is 0 Å². The molecule has 0 saturated carbocycles. The van der Waals surface area contributed by atoms with E-state index in [1.54, 1.807) is 17.0 Å². The van der Waals surface area contributed by atoms with Crippen molar-refractivity contribution < 1.29 is 0 Å². The predicted octanol–water partition coefficient (Wildman–Crippen LogP) is 1.92. The molecule has 2 heterocycles. The molecule has 1 aromatic heterocycles. The van der Waals surface area contributed by atoms with E-state index in [0.717, 1.165) is 23.8 Å². The van der Waals surface area contributed by atoms with E-state index in [-0.39, 0.29) is 5.69 Å². The summed E-state index contributed by atoms with van der Waals surface area (Å²) in [5.41, 5.74) is 1.88. The summed E-state index contributed by atoms with van der Waals surface area (Å²) in [4.78, 5) is 16.6. The van der Waals surface area contributed by atoms with Crippen LogP contribution in [0.5, 0.6) is 0 Å². The summed E-state index contributed by atoms with van der Waals surface area (Å²) in [6, 6.07) is 7.98. The summed E-state index contributed by atoms with van der Waals surface area (Å²) >= 11 is 0. The van der Waals surface area contributed by atoms with Gasteiger partial charge in [-0.3, -0.25) is 4.57 Å². The van der Waals surface area contributed by atoms with E-state index in [0.29, 0.717) is 0 Å². The van der Waals surface area contributed by atoms with Crippen molar-refractivity contribution in [2.24, 2.45) is 5.92 Å². The lowest BCUT2D eigenvalue weighted by Gasteiger charge is -2.30. The highest BCUT2D eigenvalue weighted by Gasteiger charge is 2.16. The number of aromatic nitrogens is 2. The smallest absolute Gasteiger partial charge is 0.330 e. The number of benzene rings is 1. The lowest BCUT2D eigenvalue weighted by Crippen LogP contribution is -2.35. The van der Waals surface area contributed by atoms with Crippen molar-refractivity contribution in [3.8, 4) is 5.69 Å². The molecular weight excluding hydrogens is 264 g/mol. The van der Waals surface area contributed by atoms with Crippen LogP contribution in [-0.2, 0) is 0 Å². The van der Waals surface area contributed by atoms with Gasteiger partial charge in [-0.25, -0.2) is 4.79 Å². The molecule has 1 aliphatic heterocycles. The Morgan fingerprint density at radius 3 is 2.81 bits per heavy atom. The number of piperidine rings is 1. The molecule has 0 spiro atoms. The molecule has 1 saturated heterocycles. The number of aromatic amines is 1. The van der Waals surface area contributed by atoms with Gasteiger partial charge in [-0.05, 0) is 56.6 Å². The highest BCUT2D eigenvalue weighted by atomic mass is 16.1. The molecule has 112 valence electrons. The first kappa shape index (κ1) is 13.9. The van der Waals surface area contributed by atoms with Gasteiger partial charge >= 0.3 is 5.69 Å². The third-order valence-electron chi connectivity index (χ3n) is 4.11. The normalized spacial score (nSPS) is 19.6. The molecule has 1 aromatic carbocycles. The fourth-order valence-corrected chi connectivity index (χ4v) is 2.97. The zero-order valence-corrected chi connectivity index (χ0v) is 12.4. The van der Waals surface area contributed by atoms with Gasteiger partial charge in [-0.1, -0.05) is 0 Å². The second-order valence-corrected chi connectivity index (χ2v) is 5.83. The summed E-state index contributed by atoms with van der Waals surface area (Å²) in [7, 11) is 2.19. The second-order valence-electron chi connectivity index (χ2n) is 5.83. The van der Waals surface area contributed by atoms with Crippen LogP contribution in [0.2, 0.25) is 0 Å². The number of H-pyrrole nitrogens is 1. The van der Waals surface area contributed by atoms with Gasteiger partial charge in [0.15, 0.2) is 0 Å². The molecule has 1 fully saturated rings. The van der Waals surface area contributed by atoms with Gasteiger partial charge in [-0.15, -0.1) is 0 Å². The van der Waals surface area contributed by atoms with Gasteiger partial charge in [0.05, 0.1) is 5.69 Å². The maximum absolute atomic E-state index is 11.6. The third-order valence-corrected chi connectivity index (χ3v) is 4.11. The van der Waals surface area contributed by atoms with E-state index in [4.69, 9.17) is 0 Å². The summed E-state index contributed by atoms with van der Waals surface area (Å²) in [5, 5.41) is 3.50. The molecule has 2 N–H and O–H groups in total. The Morgan fingerprint density at radius 1 is 1.33 bits per heavy atom. The Kier molecular flexibility index (Phi) is 4.10. The first-order chi connectivity index (χ1) is 10.2. The van der Waals surface area contributed by atoms with Crippen LogP contribution in [0.25, 0.3) is 5.69 Å². The molecule has 1 atom stereocenters. The molecule has 2 aromatic rings. The van der Waals surface area contributed by atoms with Gasteiger partial charge in [0.25, 0.3) is 0 Å². The first-order valence-electron chi connectivity index (χ1n) is 7.51. The molecule has 1 unspecified atom stereocenters. The number of nitrogens with one attached hydrogen (secondary N) is 2. The van der Waals surface area contributed by atoms with Gasteiger partial charge in [-0.2, -0.15) is 0 Å². The van der Waals surface area contributed by atoms with Crippen LogP contribution in [0.4, 0.5) is 5.69 Å². The Hall–Kier alpha value is -2.01. The molecule has 0 aliphatic carbocycles. The number of anilines is 1. The van der Waals surface area contributed by atoms with Crippen LogP contribution >= 0.6 is 0 Å². The van der Waals surface area contributed by atoms with Gasteiger partial charge < -0.3 is 15.2 Å². The Balaban J connectivity index is 1.60. The second kappa shape index (κ2) is 6.18. The lowest BCUT2D eigenvalue weighted by molar-refractivity contribution is 0.217. The molecule has 5 nitrogen and oxygen atoms in total. The van der Waals surface area contributed by atoms with Crippen molar-refractivity contribution in [3.05, 3.63) is 47.1 Å². The van der Waals surface area contributed by atoms with Crippen molar-refractivity contribution >= 4 is 5.69 Å². The minimum Gasteiger partial charge on any atom is -0.385 e. The van der Waals surface area contributed by atoms with Crippen molar-refractivity contribution in [2.75, 3.05) is 32.0 Å².